The van der Waals surface area contributed by atoms with E-state index in [1.54, 1.807) is 30.3 Å². The molecule has 0 saturated carbocycles. The number of nitrogens with one attached hydrogen (secondary N) is 1. The Kier molecular flexibility index (Phi) is 9.35. The number of hydrogen-bond donors (Lipinski definition) is 2. The highest BCUT2D eigenvalue weighted by Gasteiger charge is 2.32. The summed E-state index contributed by atoms with van der Waals surface area (Å²) in [4.78, 5) is 2.17. The smallest absolute Gasteiger partial charge is 0.504 e. The molecule has 1 heterocycles. The first kappa shape index (κ1) is 25.2. The molecule has 0 spiro atoms. The molecular formula is C19H23Cl2F3N2O3. The molecule has 0 radical (unpaired) electrons. The molecule has 1 atom stereocenters. The Morgan fingerprint density at radius 2 is 1.66 bits per heavy atom. The molecule has 0 bridgehead atoms. The van der Waals surface area contributed by atoms with Gasteiger partial charge >= 0.3 is 6.36 Å². The number of ether oxygens (including phenoxy) is 2. The second-order valence-corrected chi connectivity index (χ2v) is 6.20. The number of benzene rings is 2. The van der Waals surface area contributed by atoms with E-state index in [2.05, 4.69) is 15.0 Å². The normalized spacial score (nSPS) is 15.6. The Morgan fingerprint density at radius 1 is 1.03 bits per heavy atom. The number of phenolic OH excluding ortho intramolecular Hbond substituents is 1. The van der Waals surface area contributed by atoms with Crippen molar-refractivity contribution in [1.82, 2.24) is 10.2 Å². The lowest BCUT2D eigenvalue weighted by molar-refractivity contribution is -0.274. The minimum Gasteiger partial charge on any atom is -0.504 e. The van der Waals surface area contributed by atoms with Gasteiger partial charge in [-0.05, 0) is 23.8 Å². The van der Waals surface area contributed by atoms with Crippen LogP contribution in [0.15, 0.2) is 42.5 Å². The number of rotatable bonds is 5. The van der Waals surface area contributed by atoms with Gasteiger partial charge in [-0.25, -0.2) is 0 Å². The molecule has 0 aromatic heterocycles. The summed E-state index contributed by atoms with van der Waals surface area (Å²) in [5.41, 5.74) is 1.40. The standard InChI is InChI=1S/C19H21F3N2O3.2ClH/c1-26-16-4-2-3-15(18(16)25)17(24-11-9-23-10-12-24)13-5-7-14(8-6-13)27-19(20,21)22;;/h2-8,17,23,25H,9-12H2,1H3;2*1H/t17-;;/m1../s1. The second kappa shape index (κ2) is 10.8. The van der Waals surface area contributed by atoms with E-state index in [0.29, 0.717) is 11.3 Å². The van der Waals surface area contributed by atoms with Crippen molar-refractivity contribution in [2.24, 2.45) is 0 Å². The molecule has 2 aromatic rings. The van der Waals surface area contributed by atoms with Crippen LogP contribution >= 0.6 is 24.8 Å². The van der Waals surface area contributed by atoms with Crippen LogP contribution in [0.2, 0.25) is 0 Å². The monoisotopic (exact) mass is 454 g/mol. The van der Waals surface area contributed by atoms with Crippen molar-refractivity contribution >= 4 is 24.8 Å². The molecule has 3 rings (SSSR count). The second-order valence-electron chi connectivity index (χ2n) is 6.20. The number of piperazine rings is 1. The highest BCUT2D eigenvalue weighted by Crippen LogP contribution is 2.40. The quantitative estimate of drug-likeness (QED) is 0.710. The van der Waals surface area contributed by atoms with E-state index in [9.17, 15) is 18.3 Å². The van der Waals surface area contributed by atoms with Crippen LogP contribution in [0.4, 0.5) is 13.2 Å². The largest absolute Gasteiger partial charge is 0.573 e. The van der Waals surface area contributed by atoms with Crippen LogP contribution < -0.4 is 14.8 Å². The Bertz CT molecular complexity index is 770. The number of methoxy groups -OCH3 is 1. The number of halogens is 5. The van der Waals surface area contributed by atoms with E-state index >= 15 is 0 Å². The van der Waals surface area contributed by atoms with Gasteiger partial charge in [-0.15, -0.1) is 38.0 Å². The fourth-order valence-corrected chi connectivity index (χ4v) is 3.30. The molecule has 162 valence electrons. The minimum absolute atomic E-state index is 0. The molecule has 5 nitrogen and oxygen atoms in total. The maximum atomic E-state index is 12.4. The van der Waals surface area contributed by atoms with Gasteiger partial charge in [-0.3, -0.25) is 4.90 Å². The van der Waals surface area contributed by atoms with Gasteiger partial charge < -0.3 is 19.9 Å². The van der Waals surface area contributed by atoms with Crippen molar-refractivity contribution < 1.29 is 27.8 Å². The highest BCUT2D eigenvalue weighted by atomic mass is 35.5. The van der Waals surface area contributed by atoms with Gasteiger partial charge in [0.15, 0.2) is 11.5 Å². The van der Waals surface area contributed by atoms with Crippen LogP contribution in [-0.4, -0.2) is 49.7 Å². The lowest BCUT2D eigenvalue weighted by Crippen LogP contribution is -2.45. The first-order valence-corrected chi connectivity index (χ1v) is 8.55. The first-order valence-electron chi connectivity index (χ1n) is 8.55. The molecule has 29 heavy (non-hydrogen) atoms. The van der Waals surface area contributed by atoms with Crippen molar-refractivity contribution in [3.8, 4) is 17.2 Å². The zero-order valence-corrected chi connectivity index (χ0v) is 17.2. The van der Waals surface area contributed by atoms with Crippen molar-refractivity contribution in [3.63, 3.8) is 0 Å². The molecular weight excluding hydrogens is 432 g/mol. The molecule has 1 aliphatic rings. The van der Waals surface area contributed by atoms with Crippen LogP contribution in [0, 0.1) is 0 Å². The van der Waals surface area contributed by atoms with Gasteiger partial charge in [0.05, 0.1) is 13.2 Å². The molecule has 0 unspecified atom stereocenters. The summed E-state index contributed by atoms with van der Waals surface area (Å²) < 4.78 is 46.4. The number of nitrogens with zero attached hydrogens (tertiary/aromatic N) is 1. The third-order valence-electron chi connectivity index (χ3n) is 4.49. The van der Waals surface area contributed by atoms with Crippen LogP contribution in [0.1, 0.15) is 17.2 Å². The molecule has 10 heteroatoms. The van der Waals surface area contributed by atoms with E-state index in [-0.39, 0.29) is 42.4 Å². The summed E-state index contributed by atoms with van der Waals surface area (Å²) in [6, 6.07) is 10.7. The van der Waals surface area contributed by atoms with Crippen LogP contribution in [-0.2, 0) is 0 Å². The van der Waals surface area contributed by atoms with Gasteiger partial charge in [-0.1, -0.05) is 24.3 Å². The Hall–Kier alpha value is -1.87. The fraction of sp³-hybridized carbons (Fsp3) is 0.368. The van der Waals surface area contributed by atoms with Gasteiger partial charge in [0, 0.05) is 31.7 Å². The molecule has 1 saturated heterocycles. The Balaban J connectivity index is 0.00000210. The van der Waals surface area contributed by atoms with Gasteiger partial charge in [0.25, 0.3) is 0 Å². The predicted molar refractivity (Wildman–Crippen MR) is 109 cm³/mol. The summed E-state index contributed by atoms with van der Waals surface area (Å²) >= 11 is 0. The Labute approximate surface area is 179 Å². The average Bonchev–Trinajstić information content (AvgIpc) is 2.64. The van der Waals surface area contributed by atoms with Crippen LogP contribution in [0.25, 0.3) is 0 Å². The molecule has 0 amide bonds. The van der Waals surface area contributed by atoms with E-state index in [1.165, 1.54) is 19.2 Å². The average molecular weight is 455 g/mol. The molecule has 2 N–H and O–H groups in total. The van der Waals surface area contributed by atoms with Crippen LogP contribution in [0.5, 0.6) is 17.2 Å². The summed E-state index contributed by atoms with van der Waals surface area (Å²) in [7, 11) is 1.47. The minimum atomic E-state index is -4.73. The number of aromatic hydroxyl groups is 1. The zero-order chi connectivity index (χ0) is 19.4. The van der Waals surface area contributed by atoms with Gasteiger partial charge in [-0.2, -0.15) is 0 Å². The summed E-state index contributed by atoms with van der Waals surface area (Å²) in [5.74, 6) is 0.101. The van der Waals surface area contributed by atoms with Crippen molar-refractivity contribution in [2.75, 3.05) is 33.3 Å². The predicted octanol–water partition coefficient (Wildman–Crippen LogP) is 4.14. The van der Waals surface area contributed by atoms with E-state index < -0.39 is 6.36 Å². The first-order chi connectivity index (χ1) is 12.9. The molecule has 1 aliphatic heterocycles. The van der Waals surface area contributed by atoms with Crippen LogP contribution in [0.3, 0.4) is 0 Å². The van der Waals surface area contributed by atoms with Gasteiger partial charge in [0.1, 0.15) is 5.75 Å². The lowest BCUT2D eigenvalue weighted by atomic mass is 9.95. The number of hydrogen-bond acceptors (Lipinski definition) is 5. The Morgan fingerprint density at radius 3 is 2.21 bits per heavy atom. The maximum Gasteiger partial charge on any atom is 0.573 e. The van der Waals surface area contributed by atoms with E-state index in [1.807, 2.05) is 0 Å². The van der Waals surface area contributed by atoms with Gasteiger partial charge in [0.2, 0.25) is 0 Å². The highest BCUT2D eigenvalue weighted by molar-refractivity contribution is 5.85. The van der Waals surface area contributed by atoms with Crippen molar-refractivity contribution in [2.45, 2.75) is 12.4 Å². The summed E-state index contributed by atoms with van der Waals surface area (Å²) in [6.07, 6.45) is -4.73. The molecule has 0 aliphatic carbocycles. The summed E-state index contributed by atoms with van der Waals surface area (Å²) in [5, 5.41) is 13.9. The maximum absolute atomic E-state index is 12.4. The SMILES string of the molecule is COc1cccc([C@@H](c2ccc(OC(F)(F)F)cc2)N2CCNCC2)c1O.Cl.Cl. The van der Waals surface area contributed by atoms with Crippen molar-refractivity contribution in [3.05, 3.63) is 53.6 Å². The number of phenols is 1. The fourth-order valence-electron chi connectivity index (χ4n) is 3.30. The lowest BCUT2D eigenvalue weighted by Gasteiger charge is -2.36. The third kappa shape index (κ3) is 6.30. The van der Waals surface area contributed by atoms with E-state index in [4.69, 9.17) is 4.74 Å². The van der Waals surface area contributed by atoms with Crippen molar-refractivity contribution in [1.29, 1.82) is 0 Å². The summed E-state index contributed by atoms with van der Waals surface area (Å²) in [6.45, 7) is 3.05. The number of para-hydroxylation sites is 1. The topological polar surface area (TPSA) is 54.0 Å². The molecule has 2 aromatic carbocycles. The van der Waals surface area contributed by atoms with E-state index in [0.717, 1.165) is 31.7 Å². The zero-order valence-electron chi connectivity index (χ0n) is 15.6. The molecule has 1 fully saturated rings. The third-order valence-corrected chi connectivity index (χ3v) is 4.49. The number of alkyl halides is 3.